The predicted octanol–water partition coefficient (Wildman–Crippen LogP) is 3.83. The second kappa shape index (κ2) is 4.04. The van der Waals surface area contributed by atoms with Crippen LogP contribution in [0.5, 0.6) is 0 Å². The Hall–Kier alpha value is -0.370. The molecule has 0 radical (unpaired) electrons. The summed E-state index contributed by atoms with van der Waals surface area (Å²) >= 11 is 3.45. The highest BCUT2D eigenvalue weighted by atomic mass is 79.9. The lowest BCUT2D eigenvalue weighted by Crippen LogP contribution is -1.97. The first-order chi connectivity index (χ1) is 5.66. The molecule has 0 N–H and O–H groups in total. The highest BCUT2D eigenvalue weighted by molar-refractivity contribution is 9.10. The SMILES string of the molecule is Cc1cccc(C(C)CF)c1Br. The van der Waals surface area contributed by atoms with Gasteiger partial charge in [-0.1, -0.05) is 41.1 Å². The van der Waals surface area contributed by atoms with E-state index in [0.29, 0.717) is 0 Å². The van der Waals surface area contributed by atoms with Gasteiger partial charge in [0.1, 0.15) is 0 Å². The molecule has 0 aliphatic carbocycles. The first kappa shape index (κ1) is 9.72. The minimum Gasteiger partial charge on any atom is -0.250 e. The maximum absolute atomic E-state index is 12.4. The maximum Gasteiger partial charge on any atom is 0.0960 e. The number of benzene rings is 1. The van der Waals surface area contributed by atoms with Crippen molar-refractivity contribution in [2.24, 2.45) is 0 Å². The van der Waals surface area contributed by atoms with Crippen molar-refractivity contribution in [3.05, 3.63) is 33.8 Å². The molecule has 0 aliphatic heterocycles. The third-order valence-corrected chi connectivity index (χ3v) is 3.07. The number of halogens is 2. The molecule has 1 atom stereocenters. The number of rotatable bonds is 2. The van der Waals surface area contributed by atoms with Crippen LogP contribution in [0.1, 0.15) is 24.0 Å². The Bertz CT molecular complexity index is 271. The summed E-state index contributed by atoms with van der Waals surface area (Å²) in [5.74, 6) is -0.0146. The summed E-state index contributed by atoms with van der Waals surface area (Å²) in [5.41, 5.74) is 2.21. The highest BCUT2D eigenvalue weighted by Crippen LogP contribution is 2.27. The van der Waals surface area contributed by atoms with Gasteiger partial charge in [-0.2, -0.15) is 0 Å². The molecular weight excluding hydrogens is 219 g/mol. The first-order valence-electron chi connectivity index (χ1n) is 3.97. The Labute approximate surface area is 80.9 Å². The van der Waals surface area contributed by atoms with Gasteiger partial charge in [0.15, 0.2) is 0 Å². The molecule has 0 spiro atoms. The average Bonchev–Trinajstić information content (AvgIpc) is 2.08. The van der Waals surface area contributed by atoms with Gasteiger partial charge >= 0.3 is 0 Å². The van der Waals surface area contributed by atoms with E-state index in [0.717, 1.165) is 15.6 Å². The standard InChI is InChI=1S/C10H12BrF/c1-7-4-3-5-9(10(7)11)8(2)6-12/h3-5,8H,6H2,1-2H3. The molecule has 1 aromatic carbocycles. The lowest BCUT2D eigenvalue weighted by molar-refractivity contribution is 0.446. The molecule has 1 rings (SSSR count). The third kappa shape index (κ3) is 1.86. The lowest BCUT2D eigenvalue weighted by atomic mass is 10.0. The molecule has 0 saturated heterocycles. The minimum atomic E-state index is -0.304. The quantitative estimate of drug-likeness (QED) is 0.725. The Morgan fingerprint density at radius 1 is 1.50 bits per heavy atom. The van der Waals surface area contributed by atoms with E-state index in [1.807, 2.05) is 32.0 Å². The van der Waals surface area contributed by atoms with E-state index in [9.17, 15) is 4.39 Å². The van der Waals surface area contributed by atoms with Crippen LogP contribution in [0, 0.1) is 6.92 Å². The zero-order valence-electron chi connectivity index (χ0n) is 7.27. The molecule has 0 aliphatic rings. The van der Waals surface area contributed by atoms with E-state index in [1.165, 1.54) is 0 Å². The molecule has 0 saturated carbocycles. The van der Waals surface area contributed by atoms with Crippen LogP contribution in [0.15, 0.2) is 22.7 Å². The molecule has 66 valence electrons. The summed E-state index contributed by atoms with van der Waals surface area (Å²) in [4.78, 5) is 0. The van der Waals surface area contributed by atoms with Gasteiger partial charge in [0, 0.05) is 10.4 Å². The second-order valence-electron chi connectivity index (χ2n) is 3.03. The summed E-state index contributed by atoms with van der Waals surface area (Å²) in [6.45, 7) is 3.60. The van der Waals surface area contributed by atoms with Gasteiger partial charge in [-0.25, -0.2) is 0 Å². The summed E-state index contributed by atoms with van der Waals surface area (Å²) in [7, 11) is 0. The molecule has 12 heavy (non-hydrogen) atoms. The molecule has 0 fully saturated rings. The number of hydrogen-bond acceptors (Lipinski definition) is 0. The van der Waals surface area contributed by atoms with E-state index in [4.69, 9.17) is 0 Å². The largest absolute Gasteiger partial charge is 0.250 e. The van der Waals surface area contributed by atoms with Crippen molar-refractivity contribution in [2.45, 2.75) is 19.8 Å². The molecule has 2 heteroatoms. The minimum absolute atomic E-state index is 0.0146. The zero-order chi connectivity index (χ0) is 9.14. The first-order valence-corrected chi connectivity index (χ1v) is 4.77. The van der Waals surface area contributed by atoms with Crippen LogP contribution in [-0.2, 0) is 0 Å². The maximum atomic E-state index is 12.4. The van der Waals surface area contributed by atoms with E-state index in [2.05, 4.69) is 15.9 Å². The summed E-state index contributed by atoms with van der Waals surface area (Å²) in [6.07, 6.45) is 0. The van der Waals surface area contributed by atoms with Crippen molar-refractivity contribution < 1.29 is 4.39 Å². The number of aryl methyl sites for hydroxylation is 1. The monoisotopic (exact) mass is 230 g/mol. The van der Waals surface area contributed by atoms with Crippen LogP contribution < -0.4 is 0 Å². The van der Waals surface area contributed by atoms with E-state index < -0.39 is 0 Å². The fourth-order valence-corrected chi connectivity index (χ4v) is 1.79. The molecule has 0 amide bonds. The van der Waals surface area contributed by atoms with Gasteiger partial charge in [0.25, 0.3) is 0 Å². The Kier molecular flexibility index (Phi) is 3.27. The molecule has 0 aromatic heterocycles. The number of alkyl halides is 1. The fraction of sp³-hybridized carbons (Fsp3) is 0.400. The van der Waals surface area contributed by atoms with Gasteiger partial charge in [0.05, 0.1) is 6.67 Å². The van der Waals surface area contributed by atoms with Crippen molar-refractivity contribution in [2.75, 3.05) is 6.67 Å². The summed E-state index contributed by atoms with van der Waals surface area (Å²) < 4.78 is 13.4. The third-order valence-electron chi connectivity index (χ3n) is 1.98. The average molecular weight is 231 g/mol. The van der Waals surface area contributed by atoms with Crippen LogP contribution in [0.25, 0.3) is 0 Å². The van der Waals surface area contributed by atoms with Crippen LogP contribution in [-0.4, -0.2) is 6.67 Å². The van der Waals surface area contributed by atoms with Crippen LogP contribution >= 0.6 is 15.9 Å². The second-order valence-corrected chi connectivity index (χ2v) is 3.83. The topological polar surface area (TPSA) is 0 Å². The van der Waals surface area contributed by atoms with E-state index >= 15 is 0 Å². The zero-order valence-corrected chi connectivity index (χ0v) is 8.86. The van der Waals surface area contributed by atoms with Gasteiger partial charge in [-0.3, -0.25) is 4.39 Å². The molecule has 1 unspecified atom stereocenters. The summed E-state index contributed by atoms with van der Waals surface area (Å²) in [6, 6.07) is 5.93. The molecule has 0 bridgehead atoms. The van der Waals surface area contributed by atoms with Crippen LogP contribution in [0.2, 0.25) is 0 Å². The Morgan fingerprint density at radius 3 is 2.75 bits per heavy atom. The number of hydrogen-bond donors (Lipinski definition) is 0. The fourth-order valence-electron chi connectivity index (χ4n) is 1.13. The van der Waals surface area contributed by atoms with Gasteiger partial charge in [0.2, 0.25) is 0 Å². The van der Waals surface area contributed by atoms with Crippen molar-refractivity contribution >= 4 is 15.9 Å². The van der Waals surface area contributed by atoms with Gasteiger partial charge in [-0.15, -0.1) is 0 Å². The van der Waals surface area contributed by atoms with Crippen LogP contribution in [0.4, 0.5) is 4.39 Å². The highest BCUT2D eigenvalue weighted by Gasteiger charge is 2.09. The predicted molar refractivity (Wildman–Crippen MR) is 53.3 cm³/mol. The van der Waals surface area contributed by atoms with Crippen molar-refractivity contribution in [1.29, 1.82) is 0 Å². The molecule has 0 heterocycles. The smallest absolute Gasteiger partial charge is 0.0960 e. The Morgan fingerprint density at radius 2 is 2.17 bits per heavy atom. The van der Waals surface area contributed by atoms with Gasteiger partial charge < -0.3 is 0 Å². The van der Waals surface area contributed by atoms with Crippen LogP contribution in [0.3, 0.4) is 0 Å². The van der Waals surface area contributed by atoms with Crippen molar-refractivity contribution in [3.63, 3.8) is 0 Å². The van der Waals surface area contributed by atoms with E-state index in [1.54, 1.807) is 0 Å². The van der Waals surface area contributed by atoms with Crippen molar-refractivity contribution in [1.82, 2.24) is 0 Å². The molecule has 1 aromatic rings. The molecular formula is C10H12BrF. The Balaban J connectivity index is 3.07. The van der Waals surface area contributed by atoms with Crippen molar-refractivity contribution in [3.8, 4) is 0 Å². The lowest BCUT2D eigenvalue weighted by Gasteiger charge is -2.10. The van der Waals surface area contributed by atoms with Gasteiger partial charge in [-0.05, 0) is 18.1 Å². The normalized spacial score (nSPS) is 13.0. The summed E-state index contributed by atoms with van der Waals surface area (Å²) in [5, 5.41) is 0. The van der Waals surface area contributed by atoms with E-state index in [-0.39, 0.29) is 12.6 Å². The molecule has 0 nitrogen and oxygen atoms in total.